The van der Waals surface area contributed by atoms with Gasteiger partial charge in [-0.05, 0) is 68.3 Å². The van der Waals surface area contributed by atoms with Crippen LogP contribution in [0.4, 0.5) is 10.7 Å². The molecule has 1 amide bonds. The van der Waals surface area contributed by atoms with Crippen LogP contribution in [0.5, 0.6) is 5.75 Å². The van der Waals surface area contributed by atoms with Gasteiger partial charge in [-0.2, -0.15) is 0 Å². The van der Waals surface area contributed by atoms with Gasteiger partial charge in [-0.25, -0.2) is 0 Å². The van der Waals surface area contributed by atoms with Crippen LogP contribution in [0.25, 0.3) is 0 Å². The standard InChI is InChI=1S/C28H28N2O2S/c1-4-32-24-17-15-21(16-18-24)26(29-23-13-9-6-10-14-23)25-19(2)20(3)33-28(25)30-27(31)22-11-7-5-8-12-22/h5-18,26,29H,4H2,1-3H3,(H,30,31)/t26-/m1/s1. The highest BCUT2D eigenvalue weighted by atomic mass is 32.1. The van der Waals surface area contributed by atoms with Crippen LogP contribution < -0.4 is 15.4 Å². The lowest BCUT2D eigenvalue weighted by Crippen LogP contribution is -2.17. The molecular weight excluding hydrogens is 428 g/mol. The maximum atomic E-state index is 13.0. The topological polar surface area (TPSA) is 50.4 Å². The van der Waals surface area contributed by atoms with Gasteiger partial charge >= 0.3 is 0 Å². The number of aryl methyl sites for hydroxylation is 1. The van der Waals surface area contributed by atoms with E-state index in [1.54, 1.807) is 11.3 Å². The number of anilines is 2. The van der Waals surface area contributed by atoms with Crippen LogP contribution in [0.15, 0.2) is 84.9 Å². The summed E-state index contributed by atoms with van der Waals surface area (Å²) < 4.78 is 5.64. The van der Waals surface area contributed by atoms with Crippen LogP contribution in [-0.2, 0) is 0 Å². The molecule has 5 heteroatoms. The zero-order chi connectivity index (χ0) is 23.2. The molecule has 168 valence electrons. The van der Waals surface area contributed by atoms with E-state index in [2.05, 4.69) is 48.7 Å². The predicted octanol–water partition coefficient (Wildman–Crippen LogP) is 7.22. The van der Waals surface area contributed by atoms with Crippen molar-refractivity contribution >= 4 is 27.9 Å². The minimum Gasteiger partial charge on any atom is -0.494 e. The average Bonchev–Trinajstić information content (AvgIpc) is 3.12. The normalized spacial score (nSPS) is 11.6. The van der Waals surface area contributed by atoms with Gasteiger partial charge in [0.05, 0.1) is 12.6 Å². The number of rotatable bonds is 8. The molecule has 4 rings (SSSR count). The Morgan fingerprint density at radius 3 is 2.18 bits per heavy atom. The second-order valence-electron chi connectivity index (χ2n) is 7.79. The van der Waals surface area contributed by atoms with E-state index in [1.807, 2.05) is 67.6 Å². The van der Waals surface area contributed by atoms with Crippen molar-refractivity contribution in [1.82, 2.24) is 0 Å². The second kappa shape index (κ2) is 10.4. The van der Waals surface area contributed by atoms with Crippen molar-refractivity contribution in [3.8, 4) is 5.75 Å². The Morgan fingerprint density at radius 1 is 0.909 bits per heavy atom. The lowest BCUT2D eigenvalue weighted by molar-refractivity contribution is 0.102. The third-order valence-electron chi connectivity index (χ3n) is 5.59. The number of thiophene rings is 1. The Bertz CT molecular complexity index is 1200. The summed E-state index contributed by atoms with van der Waals surface area (Å²) in [5.41, 5.74) is 5.00. The first-order chi connectivity index (χ1) is 16.1. The molecule has 0 aliphatic carbocycles. The third kappa shape index (κ3) is 5.26. The van der Waals surface area contributed by atoms with E-state index in [4.69, 9.17) is 4.74 Å². The molecule has 3 aromatic carbocycles. The molecule has 2 N–H and O–H groups in total. The molecule has 0 saturated heterocycles. The van der Waals surface area contributed by atoms with Crippen LogP contribution in [0, 0.1) is 13.8 Å². The molecule has 1 atom stereocenters. The van der Waals surface area contributed by atoms with Crippen LogP contribution in [0.2, 0.25) is 0 Å². The van der Waals surface area contributed by atoms with E-state index in [-0.39, 0.29) is 11.9 Å². The number of benzene rings is 3. The van der Waals surface area contributed by atoms with E-state index in [0.29, 0.717) is 12.2 Å². The summed E-state index contributed by atoms with van der Waals surface area (Å²) in [5, 5.41) is 7.72. The average molecular weight is 457 g/mol. The molecule has 0 spiro atoms. The molecule has 0 radical (unpaired) electrons. The largest absolute Gasteiger partial charge is 0.494 e. The van der Waals surface area contributed by atoms with Gasteiger partial charge < -0.3 is 15.4 Å². The molecule has 0 bridgehead atoms. The summed E-state index contributed by atoms with van der Waals surface area (Å²) >= 11 is 1.61. The Morgan fingerprint density at radius 2 is 1.55 bits per heavy atom. The summed E-state index contributed by atoms with van der Waals surface area (Å²) in [4.78, 5) is 14.2. The number of para-hydroxylation sites is 1. The van der Waals surface area contributed by atoms with E-state index in [0.717, 1.165) is 27.6 Å². The first kappa shape index (κ1) is 22.6. The van der Waals surface area contributed by atoms with Gasteiger partial charge in [-0.3, -0.25) is 4.79 Å². The van der Waals surface area contributed by atoms with Gasteiger partial charge in [0.25, 0.3) is 5.91 Å². The highest BCUT2D eigenvalue weighted by Gasteiger charge is 2.25. The molecule has 4 nitrogen and oxygen atoms in total. The highest BCUT2D eigenvalue weighted by Crippen LogP contribution is 2.41. The fourth-order valence-electron chi connectivity index (χ4n) is 3.80. The van der Waals surface area contributed by atoms with Gasteiger partial charge in [-0.1, -0.05) is 48.5 Å². The molecule has 0 saturated carbocycles. The van der Waals surface area contributed by atoms with Crippen molar-refractivity contribution < 1.29 is 9.53 Å². The molecule has 0 aliphatic heterocycles. The van der Waals surface area contributed by atoms with Crippen molar-refractivity contribution in [2.24, 2.45) is 0 Å². The van der Waals surface area contributed by atoms with Crippen molar-refractivity contribution in [2.45, 2.75) is 26.8 Å². The Hall–Kier alpha value is -3.57. The maximum absolute atomic E-state index is 13.0. The molecule has 1 heterocycles. The van der Waals surface area contributed by atoms with Crippen molar-refractivity contribution in [1.29, 1.82) is 0 Å². The minimum absolute atomic E-state index is 0.108. The number of nitrogens with one attached hydrogen (secondary N) is 2. The van der Waals surface area contributed by atoms with E-state index >= 15 is 0 Å². The first-order valence-electron chi connectivity index (χ1n) is 11.1. The van der Waals surface area contributed by atoms with Crippen LogP contribution in [0.1, 0.15) is 44.9 Å². The Balaban J connectivity index is 1.75. The summed E-state index contributed by atoms with van der Waals surface area (Å²) in [6.45, 7) is 6.82. The number of carbonyl (C=O) groups excluding carboxylic acids is 1. The molecule has 0 unspecified atom stereocenters. The monoisotopic (exact) mass is 456 g/mol. The van der Waals surface area contributed by atoms with Gasteiger partial charge in [-0.15, -0.1) is 11.3 Å². The first-order valence-corrected chi connectivity index (χ1v) is 11.9. The quantitative estimate of drug-likeness (QED) is 0.294. The van der Waals surface area contributed by atoms with Crippen molar-refractivity contribution in [3.05, 3.63) is 112 Å². The Kier molecular flexibility index (Phi) is 7.10. The highest BCUT2D eigenvalue weighted by molar-refractivity contribution is 7.16. The number of carbonyl (C=O) groups is 1. The third-order valence-corrected chi connectivity index (χ3v) is 6.73. The molecule has 1 aromatic heterocycles. The minimum atomic E-state index is -0.140. The number of hydrogen-bond donors (Lipinski definition) is 2. The summed E-state index contributed by atoms with van der Waals surface area (Å²) in [6.07, 6.45) is 0. The van der Waals surface area contributed by atoms with Gasteiger partial charge in [0.15, 0.2) is 0 Å². The molecule has 0 fully saturated rings. The summed E-state index contributed by atoms with van der Waals surface area (Å²) in [6, 6.07) is 27.5. The predicted molar refractivity (Wildman–Crippen MR) is 138 cm³/mol. The molecule has 33 heavy (non-hydrogen) atoms. The fraction of sp³-hybridized carbons (Fsp3) is 0.179. The summed E-state index contributed by atoms with van der Waals surface area (Å²) in [7, 11) is 0. The van der Waals surface area contributed by atoms with Crippen LogP contribution in [-0.4, -0.2) is 12.5 Å². The van der Waals surface area contributed by atoms with E-state index in [1.165, 1.54) is 10.4 Å². The number of amides is 1. The zero-order valence-corrected chi connectivity index (χ0v) is 19.9. The van der Waals surface area contributed by atoms with E-state index < -0.39 is 0 Å². The maximum Gasteiger partial charge on any atom is 0.256 e. The van der Waals surface area contributed by atoms with Crippen LogP contribution in [0.3, 0.4) is 0 Å². The van der Waals surface area contributed by atoms with Gasteiger partial charge in [0, 0.05) is 21.7 Å². The number of hydrogen-bond acceptors (Lipinski definition) is 4. The lowest BCUT2D eigenvalue weighted by Gasteiger charge is -2.23. The zero-order valence-electron chi connectivity index (χ0n) is 19.1. The fourth-order valence-corrected chi connectivity index (χ4v) is 4.89. The number of ether oxygens (including phenoxy) is 1. The van der Waals surface area contributed by atoms with Crippen molar-refractivity contribution in [2.75, 3.05) is 17.2 Å². The second-order valence-corrected chi connectivity index (χ2v) is 9.02. The van der Waals surface area contributed by atoms with Crippen LogP contribution >= 0.6 is 11.3 Å². The SMILES string of the molecule is CCOc1ccc([C@@H](Nc2ccccc2)c2c(NC(=O)c3ccccc3)sc(C)c2C)cc1. The van der Waals surface area contributed by atoms with Crippen molar-refractivity contribution in [3.63, 3.8) is 0 Å². The molecule has 0 aliphatic rings. The molecule has 4 aromatic rings. The lowest BCUT2D eigenvalue weighted by atomic mass is 9.96. The van der Waals surface area contributed by atoms with E-state index in [9.17, 15) is 4.79 Å². The summed E-state index contributed by atoms with van der Waals surface area (Å²) in [5.74, 6) is 0.735. The van der Waals surface area contributed by atoms with Gasteiger partial charge in [0.1, 0.15) is 10.8 Å². The smallest absolute Gasteiger partial charge is 0.256 e. The van der Waals surface area contributed by atoms with Gasteiger partial charge in [0.2, 0.25) is 0 Å². The Labute approximate surface area is 199 Å². The molecular formula is C28H28N2O2S.